The van der Waals surface area contributed by atoms with Gasteiger partial charge in [-0.05, 0) is 68.7 Å². The van der Waals surface area contributed by atoms with Gasteiger partial charge in [-0.1, -0.05) is 12.1 Å². The summed E-state index contributed by atoms with van der Waals surface area (Å²) in [5.74, 6) is -0.246. The number of piperazine rings is 1. The molecule has 2 N–H and O–H groups in total. The molecule has 41 heavy (non-hydrogen) atoms. The van der Waals surface area contributed by atoms with Crippen molar-refractivity contribution in [1.29, 1.82) is 0 Å². The second kappa shape index (κ2) is 12.6. The monoisotopic (exact) mass is 573 g/mol. The Hall–Kier alpha value is -3.44. The van der Waals surface area contributed by atoms with Gasteiger partial charge in [-0.2, -0.15) is 0 Å². The van der Waals surface area contributed by atoms with Gasteiger partial charge in [-0.25, -0.2) is 4.79 Å². The van der Waals surface area contributed by atoms with Crippen molar-refractivity contribution in [2.24, 2.45) is 0 Å². The third kappa shape index (κ3) is 7.85. The zero-order chi connectivity index (χ0) is 29.0. The van der Waals surface area contributed by atoms with Gasteiger partial charge in [0.1, 0.15) is 12.4 Å². The van der Waals surface area contributed by atoms with E-state index in [9.17, 15) is 18.0 Å². The molecule has 2 fully saturated rings. The summed E-state index contributed by atoms with van der Waals surface area (Å²) in [6, 6.07) is 14.8. The molecule has 3 aromatic rings. The minimum absolute atomic E-state index is 0.0679. The summed E-state index contributed by atoms with van der Waals surface area (Å²) >= 11 is 0. The number of aromatic amines is 1. The molecule has 2 aliphatic rings. The third-order valence-electron chi connectivity index (χ3n) is 7.94. The maximum Gasteiger partial charge on any atom is 0.573 e. The summed E-state index contributed by atoms with van der Waals surface area (Å²) in [4.78, 5) is 22.7. The molecule has 0 atom stereocenters. The summed E-state index contributed by atoms with van der Waals surface area (Å²) < 4.78 is 47.3. The smallest absolute Gasteiger partial charge is 0.448 e. The lowest BCUT2D eigenvalue weighted by Crippen LogP contribution is -2.49. The van der Waals surface area contributed by atoms with Gasteiger partial charge in [0.2, 0.25) is 0 Å². The van der Waals surface area contributed by atoms with Crippen molar-refractivity contribution in [3.63, 3.8) is 0 Å². The number of piperidine rings is 1. The topological polar surface area (TPSA) is 73.1 Å². The van der Waals surface area contributed by atoms with Crippen LogP contribution in [0.15, 0.2) is 48.5 Å². The van der Waals surface area contributed by atoms with Crippen LogP contribution in [0, 0.1) is 0 Å². The summed E-state index contributed by atoms with van der Waals surface area (Å²) in [6.07, 6.45) is -3.46. The molecule has 2 aromatic carbocycles. The minimum Gasteiger partial charge on any atom is -0.448 e. The van der Waals surface area contributed by atoms with Crippen LogP contribution in [-0.4, -0.2) is 91.7 Å². The largest absolute Gasteiger partial charge is 0.573 e. The number of anilines is 1. The van der Waals surface area contributed by atoms with E-state index in [1.54, 1.807) is 6.07 Å². The van der Waals surface area contributed by atoms with E-state index >= 15 is 0 Å². The van der Waals surface area contributed by atoms with E-state index in [-0.39, 0.29) is 17.9 Å². The minimum atomic E-state index is -4.73. The fourth-order valence-electron chi connectivity index (χ4n) is 5.59. The van der Waals surface area contributed by atoms with Gasteiger partial charge in [0, 0.05) is 80.2 Å². The summed E-state index contributed by atoms with van der Waals surface area (Å²) in [6.45, 7) is 11.3. The van der Waals surface area contributed by atoms with E-state index in [0.717, 1.165) is 81.1 Å². The molecule has 0 spiro atoms. The Balaban J connectivity index is 1.09. The molecule has 0 saturated carbocycles. The molecule has 11 heteroatoms. The molecule has 2 aliphatic heterocycles. The number of H-pyrrole nitrogens is 1. The van der Waals surface area contributed by atoms with Crippen molar-refractivity contribution in [2.75, 3.05) is 57.3 Å². The zero-order valence-corrected chi connectivity index (χ0v) is 23.5. The number of nitrogens with one attached hydrogen (secondary N) is 2. The Bertz CT molecular complexity index is 1310. The normalized spacial score (nSPS) is 17.8. The van der Waals surface area contributed by atoms with Crippen molar-refractivity contribution in [3.8, 4) is 17.0 Å². The summed E-state index contributed by atoms with van der Waals surface area (Å²) in [5, 5.41) is 3.66. The van der Waals surface area contributed by atoms with Crippen molar-refractivity contribution in [2.45, 2.75) is 45.1 Å². The van der Waals surface area contributed by atoms with Crippen molar-refractivity contribution < 1.29 is 27.4 Å². The number of benzene rings is 2. The molecule has 0 radical (unpaired) electrons. The number of fused-ring (bicyclic) bond motifs is 1. The lowest BCUT2D eigenvalue weighted by Gasteiger charge is -2.36. The lowest BCUT2D eigenvalue weighted by atomic mass is 10.0. The molecular weight excluding hydrogens is 535 g/mol. The number of halogens is 3. The molecule has 222 valence electrons. The van der Waals surface area contributed by atoms with E-state index in [4.69, 9.17) is 4.74 Å². The summed E-state index contributed by atoms with van der Waals surface area (Å²) in [5.41, 5.74) is 3.53. The maximum absolute atomic E-state index is 12.6. The van der Waals surface area contributed by atoms with Crippen LogP contribution in [0.25, 0.3) is 22.2 Å². The fraction of sp³-hybridized carbons (Fsp3) is 0.500. The van der Waals surface area contributed by atoms with Gasteiger partial charge in [0.05, 0.1) is 0 Å². The van der Waals surface area contributed by atoms with Crippen molar-refractivity contribution in [1.82, 2.24) is 20.1 Å². The van der Waals surface area contributed by atoms with Gasteiger partial charge in [0.25, 0.3) is 0 Å². The molecule has 1 aromatic heterocycles. The molecule has 1 amide bonds. The van der Waals surface area contributed by atoms with E-state index in [0.29, 0.717) is 18.0 Å². The lowest BCUT2D eigenvalue weighted by molar-refractivity contribution is -0.274. The van der Waals surface area contributed by atoms with Gasteiger partial charge < -0.3 is 24.7 Å². The molecule has 3 heterocycles. The van der Waals surface area contributed by atoms with Crippen LogP contribution in [0.4, 0.5) is 23.7 Å². The molecule has 8 nitrogen and oxygen atoms in total. The molecule has 5 rings (SSSR count). The van der Waals surface area contributed by atoms with Crippen molar-refractivity contribution >= 4 is 22.7 Å². The maximum atomic E-state index is 12.6. The first-order valence-electron chi connectivity index (χ1n) is 14.3. The number of carbonyl (C=O) groups excluding carboxylic acids is 1. The number of amides is 1. The number of alkyl carbamates (subject to hydrolysis) is 1. The first-order valence-corrected chi connectivity index (χ1v) is 14.3. The highest BCUT2D eigenvalue weighted by atomic mass is 19.4. The first kappa shape index (κ1) is 29.1. The van der Waals surface area contributed by atoms with Gasteiger partial charge in [0.15, 0.2) is 0 Å². The number of nitrogens with zero attached hydrogens (tertiary/aromatic N) is 3. The fourth-order valence-corrected chi connectivity index (χ4v) is 5.59. The predicted octanol–water partition coefficient (Wildman–Crippen LogP) is 5.45. The average Bonchev–Trinajstić information content (AvgIpc) is 3.36. The number of hydrogen-bond acceptors (Lipinski definition) is 6. The number of ether oxygens (including phenoxy) is 2. The Labute approximate surface area is 238 Å². The van der Waals surface area contributed by atoms with E-state index in [2.05, 4.69) is 49.7 Å². The van der Waals surface area contributed by atoms with Crippen LogP contribution in [0.1, 0.15) is 26.7 Å². The van der Waals surface area contributed by atoms with Crippen LogP contribution >= 0.6 is 0 Å². The Morgan fingerprint density at radius 2 is 1.78 bits per heavy atom. The number of hydrogen-bond donors (Lipinski definition) is 2. The Morgan fingerprint density at radius 1 is 1.02 bits per heavy atom. The van der Waals surface area contributed by atoms with Gasteiger partial charge >= 0.3 is 12.5 Å². The second-order valence-electron chi connectivity index (χ2n) is 11.0. The third-order valence-corrected chi connectivity index (χ3v) is 7.94. The van der Waals surface area contributed by atoms with Crippen molar-refractivity contribution in [3.05, 3.63) is 48.5 Å². The summed E-state index contributed by atoms with van der Waals surface area (Å²) in [7, 11) is 0. The first-order chi connectivity index (χ1) is 19.6. The van der Waals surface area contributed by atoms with Crippen LogP contribution in [0.5, 0.6) is 5.75 Å². The highest BCUT2D eigenvalue weighted by molar-refractivity contribution is 5.87. The predicted molar refractivity (Wildman–Crippen MR) is 153 cm³/mol. The molecular formula is C30H38F3N5O3. The number of alkyl halides is 3. The van der Waals surface area contributed by atoms with E-state index in [1.165, 1.54) is 12.1 Å². The Kier molecular flexibility index (Phi) is 8.94. The van der Waals surface area contributed by atoms with Crippen LogP contribution in [0.3, 0.4) is 0 Å². The van der Waals surface area contributed by atoms with Gasteiger partial charge in [-0.3, -0.25) is 9.80 Å². The number of aromatic nitrogens is 1. The highest BCUT2D eigenvalue weighted by Gasteiger charge is 2.31. The highest BCUT2D eigenvalue weighted by Crippen LogP contribution is 2.31. The number of carbonyl (C=O) groups is 1. The Morgan fingerprint density at radius 3 is 2.49 bits per heavy atom. The van der Waals surface area contributed by atoms with Gasteiger partial charge in [-0.15, -0.1) is 13.2 Å². The molecule has 2 saturated heterocycles. The van der Waals surface area contributed by atoms with E-state index in [1.807, 2.05) is 24.3 Å². The van der Waals surface area contributed by atoms with E-state index < -0.39 is 6.36 Å². The molecule has 0 bridgehead atoms. The molecule has 0 unspecified atom stereocenters. The van der Waals surface area contributed by atoms with Crippen LogP contribution in [0.2, 0.25) is 0 Å². The number of rotatable bonds is 8. The SMILES string of the molecule is CC(C)N1CCN(CCOC(=O)NC2CCN(c3cccc(-c4cc5cc(OC(F)(F)F)ccc5[nH]4)c3)CC2)CC1. The van der Waals surface area contributed by atoms with Crippen LogP contribution in [-0.2, 0) is 4.74 Å². The second-order valence-corrected chi connectivity index (χ2v) is 11.0. The zero-order valence-electron chi connectivity index (χ0n) is 23.5. The molecule has 0 aliphatic carbocycles. The standard InChI is InChI=1S/C30H38F3N5O3/c1-21(2)37-14-12-36(13-15-37)16-17-40-29(39)34-24-8-10-38(11-9-24)25-5-3-4-22(18-25)28-20-23-19-26(41-30(31,32)33)6-7-27(23)35-28/h3-7,18-21,24,35H,8-17H2,1-2H3,(H,34,39). The average molecular weight is 574 g/mol. The van der Waals surface area contributed by atoms with Crippen LogP contribution < -0.4 is 15.0 Å². The quantitative estimate of drug-likeness (QED) is 0.373.